The molecule has 2 aromatic rings. The lowest BCUT2D eigenvalue weighted by atomic mass is 10.1. The van der Waals surface area contributed by atoms with Crippen molar-refractivity contribution in [1.29, 1.82) is 0 Å². The van der Waals surface area contributed by atoms with Crippen LogP contribution in [0.4, 0.5) is 5.69 Å². The van der Waals surface area contributed by atoms with Crippen molar-refractivity contribution in [3.8, 4) is 11.5 Å². The Morgan fingerprint density at radius 2 is 1.78 bits per heavy atom. The number of para-hydroxylation sites is 1. The van der Waals surface area contributed by atoms with E-state index in [1.165, 1.54) is 5.56 Å². The lowest BCUT2D eigenvalue weighted by molar-refractivity contribution is 0.174. The summed E-state index contributed by atoms with van der Waals surface area (Å²) in [7, 11) is 0. The Kier molecular flexibility index (Phi) is 3.05. The van der Waals surface area contributed by atoms with Gasteiger partial charge in [-0.1, -0.05) is 24.3 Å². The molecule has 0 aromatic heterocycles. The molecule has 0 aliphatic carbocycles. The highest BCUT2D eigenvalue weighted by Crippen LogP contribution is 2.32. The minimum atomic E-state index is 0.334. The minimum absolute atomic E-state index is 0.334. The third-order valence-corrected chi connectivity index (χ3v) is 2.95. The van der Waals surface area contributed by atoms with Crippen LogP contribution in [0.15, 0.2) is 48.5 Å². The molecule has 1 N–H and O–H groups in total. The zero-order chi connectivity index (χ0) is 12.2. The summed E-state index contributed by atoms with van der Waals surface area (Å²) in [5.41, 5.74) is 2.40. The van der Waals surface area contributed by atoms with Gasteiger partial charge < -0.3 is 14.8 Å². The van der Waals surface area contributed by atoms with Crippen LogP contribution >= 0.6 is 0 Å². The van der Waals surface area contributed by atoms with E-state index in [1.54, 1.807) is 0 Å². The van der Waals surface area contributed by atoms with Crippen molar-refractivity contribution >= 4 is 5.69 Å². The fraction of sp³-hybridized carbons (Fsp3) is 0.200. The van der Waals surface area contributed by atoms with E-state index in [0.717, 1.165) is 30.2 Å². The van der Waals surface area contributed by atoms with Gasteiger partial charge in [-0.3, -0.25) is 0 Å². The number of fused-ring (bicyclic) bond motifs is 1. The molecular weight excluding hydrogens is 226 g/mol. The van der Waals surface area contributed by atoms with E-state index >= 15 is 0 Å². The fourth-order valence-corrected chi connectivity index (χ4v) is 2.00. The first-order valence-corrected chi connectivity index (χ1v) is 6.09. The number of nitrogens with one attached hydrogen (secondary N) is 1. The Balaban J connectivity index is 1.57. The Morgan fingerprint density at radius 3 is 2.67 bits per heavy atom. The molecule has 0 unspecified atom stereocenters. The van der Waals surface area contributed by atoms with E-state index in [-0.39, 0.29) is 0 Å². The predicted octanol–water partition coefficient (Wildman–Crippen LogP) is 3.07. The maximum atomic E-state index is 5.36. The SMILES string of the molecule is c1ccc(NCCc2ccc3c(c2)OCO3)cc1. The second-order valence-corrected chi connectivity index (χ2v) is 4.23. The molecule has 92 valence electrons. The third kappa shape index (κ3) is 2.40. The molecule has 3 rings (SSSR count). The molecule has 0 saturated carbocycles. The number of hydrogen-bond acceptors (Lipinski definition) is 3. The summed E-state index contributed by atoms with van der Waals surface area (Å²) < 4.78 is 10.7. The zero-order valence-corrected chi connectivity index (χ0v) is 10.1. The zero-order valence-electron chi connectivity index (χ0n) is 10.1. The standard InChI is InChI=1S/C15H15NO2/c1-2-4-13(5-3-1)16-9-8-12-6-7-14-15(10-12)18-11-17-14/h1-7,10,16H,8-9,11H2. The number of rotatable bonds is 4. The second-order valence-electron chi connectivity index (χ2n) is 4.23. The molecule has 1 heterocycles. The van der Waals surface area contributed by atoms with Crippen molar-refractivity contribution in [3.05, 3.63) is 54.1 Å². The monoisotopic (exact) mass is 241 g/mol. The Hall–Kier alpha value is -2.16. The molecule has 0 spiro atoms. The molecule has 0 atom stereocenters. The first-order chi connectivity index (χ1) is 8.92. The van der Waals surface area contributed by atoms with E-state index in [4.69, 9.17) is 9.47 Å². The van der Waals surface area contributed by atoms with Gasteiger partial charge in [-0.15, -0.1) is 0 Å². The maximum absolute atomic E-state index is 5.36. The van der Waals surface area contributed by atoms with Gasteiger partial charge >= 0.3 is 0 Å². The summed E-state index contributed by atoms with van der Waals surface area (Å²) in [6.07, 6.45) is 0.964. The van der Waals surface area contributed by atoms with Gasteiger partial charge in [-0.25, -0.2) is 0 Å². The molecular formula is C15H15NO2. The van der Waals surface area contributed by atoms with Gasteiger partial charge in [0, 0.05) is 12.2 Å². The molecule has 0 amide bonds. The molecule has 0 saturated heterocycles. The van der Waals surface area contributed by atoms with Gasteiger partial charge in [0.25, 0.3) is 0 Å². The van der Waals surface area contributed by atoms with E-state index in [1.807, 2.05) is 24.3 Å². The van der Waals surface area contributed by atoms with Crippen molar-refractivity contribution in [1.82, 2.24) is 0 Å². The van der Waals surface area contributed by atoms with Crippen LogP contribution in [0.5, 0.6) is 11.5 Å². The van der Waals surface area contributed by atoms with Crippen LogP contribution in [-0.4, -0.2) is 13.3 Å². The van der Waals surface area contributed by atoms with Crippen molar-refractivity contribution in [3.63, 3.8) is 0 Å². The van der Waals surface area contributed by atoms with Crippen LogP contribution in [-0.2, 0) is 6.42 Å². The quantitative estimate of drug-likeness (QED) is 0.892. The highest BCUT2D eigenvalue weighted by molar-refractivity contribution is 5.45. The number of ether oxygens (including phenoxy) is 2. The lowest BCUT2D eigenvalue weighted by Crippen LogP contribution is -2.04. The van der Waals surface area contributed by atoms with Crippen LogP contribution < -0.4 is 14.8 Å². The van der Waals surface area contributed by atoms with Gasteiger partial charge in [-0.2, -0.15) is 0 Å². The number of benzene rings is 2. The molecule has 0 radical (unpaired) electrons. The molecule has 0 bridgehead atoms. The summed E-state index contributed by atoms with van der Waals surface area (Å²) in [5, 5.41) is 3.39. The highest BCUT2D eigenvalue weighted by atomic mass is 16.7. The first kappa shape index (κ1) is 11.0. The van der Waals surface area contributed by atoms with Crippen LogP contribution in [0.25, 0.3) is 0 Å². The van der Waals surface area contributed by atoms with Gasteiger partial charge in [0.05, 0.1) is 0 Å². The van der Waals surface area contributed by atoms with Crippen LogP contribution in [0.2, 0.25) is 0 Å². The highest BCUT2D eigenvalue weighted by Gasteiger charge is 2.12. The number of anilines is 1. The summed E-state index contributed by atoms with van der Waals surface area (Å²) in [6, 6.07) is 16.3. The Morgan fingerprint density at radius 1 is 0.944 bits per heavy atom. The molecule has 3 heteroatoms. The van der Waals surface area contributed by atoms with Gasteiger partial charge in [0.2, 0.25) is 6.79 Å². The molecule has 2 aromatic carbocycles. The third-order valence-electron chi connectivity index (χ3n) is 2.95. The topological polar surface area (TPSA) is 30.5 Å². The van der Waals surface area contributed by atoms with Gasteiger partial charge in [-0.05, 0) is 36.2 Å². The Bertz CT molecular complexity index is 525. The largest absolute Gasteiger partial charge is 0.454 e. The van der Waals surface area contributed by atoms with Gasteiger partial charge in [0.1, 0.15) is 0 Å². The predicted molar refractivity (Wildman–Crippen MR) is 71.2 cm³/mol. The van der Waals surface area contributed by atoms with Crippen molar-refractivity contribution in [2.24, 2.45) is 0 Å². The van der Waals surface area contributed by atoms with E-state index in [0.29, 0.717) is 6.79 Å². The van der Waals surface area contributed by atoms with Crippen LogP contribution in [0.3, 0.4) is 0 Å². The van der Waals surface area contributed by atoms with E-state index in [2.05, 4.69) is 29.6 Å². The van der Waals surface area contributed by atoms with Crippen molar-refractivity contribution in [2.75, 3.05) is 18.7 Å². The molecule has 1 aliphatic rings. The lowest BCUT2D eigenvalue weighted by Gasteiger charge is -2.06. The molecule has 1 aliphatic heterocycles. The Labute approximate surface area is 106 Å². The normalized spacial score (nSPS) is 12.4. The summed E-state index contributed by atoms with van der Waals surface area (Å²) in [6.45, 7) is 1.24. The van der Waals surface area contributed by atoms with Crippen LogP contribution in [0.1, 0.15) is 5.56 Å². The van der Waals surface area contributed by atoms with E-state index in [9.17, 15) is 0 Å². The minimum Gasteiger partial charge on any atom is -0.454 e. The van der Waals surface area contributed by atoms with Crippen molar-refractivity contribution in [2.45, 2.75) is 6.42 Å². The average molecular weight is 241 g/mol. The molecule has 18 heavy (non-hydrogen) atoms. The number of hydrogen-bond donors (Lipinski definition) is 1. The molecule has 3 nitrogen and oxygen atoms in total. The fourth-order valence-electron chi connectivity index (χ4n) is 2.00. The van der Waals surface area contributed by atoms with Crippen LogP contribution in [0, 0.1) is 0 Å². The van der Waals surface area contributed by atoms with Gasteiger partial charge in [0.15, 0.2) is 11.5 Å². The maximum Gasteiger partial charge on any atom is 0.231 e. The summed E-state index contributed by atoms with van der Waals surface area (Å²) in [4.78, 5) is 0. The van der Waals surface area contributed by atoms with Crippen molar-refractivity contribution < 1.29 is 9.47 Å². The summed E-state index contributed by atoms with van der Waals surface area (Å²) in [5.74, 6) is 1.70. The smallest absolute Gasteiger partial charge is 0.231 e. The molecule has 0 fully saturated rings. The summed E-state index contributed by atoms with van der Waals surface area (Å²) >= 11 is 0. The van der Waals surface area contributed by atoms with E-state index < -0.39 is 0 Å². The average Bonchev–Trinajstić information content (AvgIpc) is 2.87. The second kappa shape index (κ2) is 5.00. The first-order valence-electron chi connectivity index (χ1n) is 6.09.